The molecule has 0 fully saturated rings. The maximum Gasteiger partial charge on any atom is 0.333 e. The predicted molar refractivity (Wildman–Crippen MR) is 55.0 cm³/mol. The van der Waals surface area contributed by atoms with Gasteiger partial charge in [0.25, 0.3) is 0 Å². The standard InChI is InChI=1S/C6H10O2.C4H10O2/c1-4-8-6(7)5(2)3;1-2-6-4-3-5/h2,4H2,1,3H3;5H,2-4H2,1H3. The highest BCUT2D eigenvalue weighted by molar-refractivity contribution is 5.86. The van der Waals surface area contributed by atoms with E-state index in [9.17, 15) is 4.79 Å². The van der Waals surface area contributed by atoms with Crippen molar-refractivity contribution in [1.29, 1.82) is 0 Å². The minimum atomic E-state index is -0.312. The summed E-state index contributed by atoms with van der Waals surface area (Å²) in [5.41, 5.74) is 0.451. The van der Waals surface area contributed by atoms with Crippen molar-refractivity contribution in [3.63, 3.8) is 0 Å². The van der Waals surface area contributed by atoms with Crippen LogP contribution in [0.4, 0.5) is 0 Å². The number of esters is 1. The molecule has 0 saturated carbocycles. The lowest BCUT2D eigenvalue weighted by molar-refractivity contribution is -0.138. The lowest BCUT2D eigenvalue weighted by Gasteiger charge is -1.96. The summed E-state index contributed by atoms with van der Waals surface area (Å²) in [5, 5.41) is 8.07. The Morgan fingerprint density at radius 1 is 1.36 bits per heavy atom. The van der Waals surface area contributed by atoms with E-state index in [4.69, 9.17) is 9.84 Å². The third-order valence-electron chi connectivity index (χ3n) is 1.06. The van der Waals surface area contributed by atoms with Gasteiger partial charge < -0.3 is 14.6 Å². The summed E-state index contributed by atoms with van der Waals surface area (Å²) >= 11 is 0. The molecule has 0 unspecified atom stereocenters. The van der Waals surface area contributed by atoms with Gasteiger partial charge in [-0.15, -0.1) is 0 Å². The van der Waals surface area contributed by atoms with Gasteiger partial charge in [-0.1, -0.05) is 6.58 Å². The fourth-order valence-electron chi connectivity index (χ4n) is 0.463. The molecule has 14 heavy (non-hydrogen) atoms. The van der Waals surface area contributed by atoms with E-state index < -0.39 is 0 Å². The van der Waals surface area contributed by atoms with Gasteiger partial charge in [0.15, 0.2) is 0 Å². The number of rotatable bonds is 5. The molecule has 0 radical (unpaired) electrons. The van der Waals surface area contributed by atoms with Gasteiger partial charge in [0.05, 0.1) is 19.8 Å². The Labute approximate surface area is 85.5 Å². The van der Waals surface area contributed by atoms with Crippen LogP contribution < -0.4 is 0 Å². The molecule has 0 aliphatic heterocycles. The van der Waals surface area contributed by atoms with Crippen molar-refractivity contribution < 1.29 is 19.4 Å². The normalized spacial score (nSPS) is 8.57. The third kappa shape index (κ3) is 13.7. The molecule has 0 aromatic rings. The second-order valence-electron chi connectivity index (χ2n) is 2.42. The van der Waals surface area contributed by atoms with Gasteiger partial charge in [-0.05, 0) is 20.8 Å². The number of carbonyl (C=O) groups excluding carboxylic acids is 1. The van der Waals surface area contributed by atoms with Crippen LogP contribution >= 0.6 is 0 Å². The number of hydrogen-bond acceptors (Lipinski definition) is 4. The molecule has 1 N–H and O–H groups in total. The zero-order valence-electron chi connectivity index (χ0n) is 9.21. The van der Waals surface area contributed by atoms with Crippen LogP contribution in [0.25, 0.3) is 0 Å². The predicted octanol–water partition coefficient (Wildman–Crippen LogP) is 1.14. The topological polar surface area (TPSA) is 55.8 Å². The number of ether oxygens (including phenoxy) is 2. The zero-order chi connectivity index (χ0) is 11.4. The highest BCUT2D eigenvalue weighted by Crippen LogP contribution is 1.89. The molecule has 0 aliphatic carbocycles. The van der Waals surface area contributed by atoms with Crippen molar-refractivity contribution in [3.05, 3.63) is 12.2 Å². The fraction of sp³-hybridized carbons (Fsp3) is 0.700. The number of aliphatic hydroxyl groups excluding tert-OH is 1. The molecule has 0 spiro atoms. The van der Waals surface area contributed by atoms with Crippen molar-refractivity contribution in [3.8, 4) is 0 Å². The number of hydrogen-bond donors (Lipinski definition) is 1. The van der Waals surface area contributed by atoms with Gasteiger partial charge in [-0.3, -0.25) is 0 Å². The molecule has 0 bridgehead atoms. The minimum absolute atomic E-state index is 0.133. The SMILES string of the molecule is C=C(C)C(=O)OCC.CCOCCO. The van der Waals surface area contributed by atoms with E-state index in [1.807, 2.05) is 6.92 Å². The second kappa shape index (κ2) is 12.1. The molecule has 4 heteroatoms. The maximum absolute atomic E-state index is 10.4. The number of carbonyl (C=O) groups is 1. The first-order valence-corrected chi connectivity index (χ1v) is 4.61. The summed E-state index contributed by atoms with van der Waals surface area (Å²) in [7, 11) is 0. The quantitative estimate of drug-likeness (QED) is 0.414. The smallest absolute Gasteiger partial charge is 0.333 e. The molecule has 0 atom stereocenters. The van der Waals surface area contributed by atoms with Crippen LogP contribution in [-0.4, -0.2) is 37.5 Å². The summed E-state index contributed by atoms with van der Waals surface area (Å²) < 4.78 is 9.30. The number of aliphatic hydroxyl groups is 1. The summed E-state index contributed by atoms with van der Waals surface area (Å²) in [6, 6.07) is 0. The lowest BCUT2D eigenvalue weighted by Crippen LogP contribution is -2.03. The van der Waals surface area contributed by atoms with E-state index in [1.165, 1.54) is 0 Å². The Balaban J connectivity index is 0. The molecule has 0 aromatic carbocycles. The molecule has 0 amide bonds. The van der Waals surface area contributed by atoms with Crippen LogP contribution in [0.5, 0.6) is 0 Å². The Morgan fingerprint density at radius 3 is 2.07 bits per heavy atom. The molecule has 0 rings (SSSR count). The minimum Gasteiger partial charge on any atom is -0.463 e. The first-order valence-electron chi connectivity index (χ1n) is 4.61. The van der Waals surface area contributed by atoms with E-state index in [-0.39, 0.29) is 12.6 Å². The Kier molecular flexibility index (Phi) is 13.5. The van der Waals surface area contributed by atoms with Gasteiger partial charge in [-0.25, -0.2) is 4.79 Å². The summed E-state index contributed by atoms with van der Waals surface area (Å²) in [6.45, 7) is 10.4. The second-order valence-corrected chi connectivity index (χ2v) is 2.42. The average Bonchev–Trinajstić information content (AvgIpc) is 2.16. The highest BCUT2D eigenvalue weighted by Gasteiger charge is 1.98. The van der Waals surface area contributed by atoms with E-state index in [2.05, 4.69) is 11.3 Å². The van der Waals surface area contributed by atoms with Gasteiger partial charge in [0.1, 0.15) is 0 Å². The molecular formula is C10H20O4. The van der Waals surface area contributed by atoms with Crippen molar-refractivity contribution in [1.82, 2.24) is 0 Å². The van der Waals surface area contributed by atoms with Crippen LogP contribution in [0.2, 0.25) is 0 Å². The Bertz CT molecular complexity index is 150. The van der Waals surface area contributed by atoms with Gasteiger partial charge in [-0.2, -0.15) is 0 Å². The summed E-state index contributed by atoms with van der Waals surface area (Å²) in [4.78, 5) is 10.4. The molecular weight excluding hydrogens is 184 g/mol. The zero-order valence-corrected chi connectivity index (χ0v) is 9.21. The van der Waals surface area contributed by atoms with Crippen molar-refractivity contribution >= 4 is 5.97 Å². The van der Waals surface area contributed by atoms with Crippen LogP contribution in [-0.2, 0) is 14.3 Å². The molecule has 4 nitrogen and oxygen atoms in total. The third-order valence-corrected chi connectivity index (χ3v) is 1.06. The molecule has 0 aliphatic rings. The van der Waals surface area contributed by atoms with Crippen LogP contribution in [0.15, 0.2) is 12.2 Å². The van der Waals surface area contributed by atoms with E-state index >= 15 is 0 Å². The van der Waals surface area contributed by atoms with Crippen molar-refractivity contribution in [2.24, 2.45) is 0 Å². The molecule has 0 heterocycles. The van der Waals surface area contributed by atoms with E-state index in [1.54, 1.807) is 13.8 Å². The molecule has 0 aromatic heterocycles. The Hall–Kier alpha value is -0.870. The average molecular weight is 204 g/mol. The van der Waals surface area contributed by atoms with Crippen LogP contribution in [0.3, 0.4) is 0 Å². The van der Waals surface area contributed by atoms with Crippen LogP contribution in [0, 0.1) is 0 Å². The summed E-state index contributed by atoms with van der Waals surface area (Å²) in [5.74, 6) is -0.312. The first kappa shape index (κ1) is 15.6. The molecule has 0 saturated heterocycles. The monoisotopic (exact) mass is 204 g/mol. The van der Waals surface area contributed by atoms with E-state index in [0.717, 1.165) is 0 Å². The first-order chi connectivity index (χ1) is 6.59. The highest BCUT2D eigenvalue weighted by atomic mass is 16.5. The maximum atomic E-state index is 10.4. The van der Waals surface area contributed by atoms with Gasteiger partial charge in [0, 0.05) is 12.2 Å². The van der Waals surface area contributed by atoms with Crippen molar-refractivity contribution in [2.75, 3.05) is 26.4 Å². The van der Waals surface area contributed by atoms with Gasteiger partial charge in [0.2, 0.25) is 0 Å². The largest absolute Gasteiger partial charge is 0.463 e. The van der Waals surface area contributed by atoms with Crippen molar-refractivity contribution in [2.45, 2.75) is 20.8 Å². The Morgan fingerprint density at radius 2 is 1.93 bits per heavy atom. The van der Waals surface area contributed by atoms with E-state index in [0.29, 0.717) is 25.4 Å². The van der Waals surface area contributed by atoms with Crippen LogP contribution in [0.1, 0.15) is 20.8 Å². The molecule has 84 valence electrons. The lowest BCUT2D eigenvalue weighted by atomic mass is 10.4. The fourth-order valence-corrected chi connectivity index (χ4v) is 0.463. The summed E-state index contributed by atoms with van der Waals surface area (Å²) in [6.07, 6.45) is 0. The van der Waals surface area contributed by atoms with Gasteiger partial charge >= 0.3 is 5.97 Å².